The van der Waals surface area contributed by atoms with Crippen molar-refractivity contribution < 1.29 is 15.0 Å². The largest absolute Gasteiger partial charge is 0.481 e. The van der Waals surface area contributed by atoms with E-state index >= 15 is 0 Å². The Labute approximate surface area is 208 Å². The van der Waals surface area contributed by atoms with E-state index in [-0.39, 0.29) is 22.2 Å². The van der Waals surface area contributed by atoms with Crippen molar-refractivity contribution in [1.82, 2.24) is 0 Å². The summed E-state index contributed by atoms with van der Waals surface area (Å²) in [5.74, 6) is 0.367. The third-order valence-corrected chi connectivity index (χ3v) is 13.7. The van der Waals surface area contributed by atoms with Gasteiger partial charge in [0.05, 0.1) is 11.0 Å². The number of aliphatic carboxylic acids is 1. The predicted octanol–water partition coefficient (Wildman–Crippen LogP) is 7.62. The van der Waals surface area contributed by atoms with E-state index < -0.39 is 17.0 Å². The molecule has 0 aliphatic heterocycles. The average Bonchev–Trinajstić information content (AvgIpc) is 2.73. The normalized spacial score (nSPS) is 56.3. The van der Waals surface area contributed by atoms with Crippen LogP contribution in [0, 0.1) is 50.2 Å². The summed E-state index contributed by atoms with van der Waals surface area (Å²) < 4.78 is 0. The number of carboxylic acids is 1. The SMILES string of the molecule is CC1(C)CC[C@]2(C)CC[C@]3(C)C(=CCC4[C@@]5(C)CC[C@](C)(O)[C@@](C)(C(=O)O)C5CC[C@]43C)[C@H]2C1. The highest BCUT2D eigenvalue weighted by molar-refractivity contribution is 5.77. The maximum absolute atomic E-state index is 12.7. The number of allylic oxidation sites excluding steroid dienone is 2. The first-order chi connectivity index (χ1) is 15.5. The molecule has 0 aromatic rings. The average molecular weight is 471 g/mol. The number of aliphatic hydroxyl groups is 1. The molecule has 5 aliphatic rings. The Balaban J connectivity index is 1.59. The zero-order valence-electron chi connectivity index (χ0n) is 23.2. The second kappa shape index (κ2) is 6.93. The Morgan fingerprint density at radius 2 is 1.50 bits per heavy atom. The molecule has 0 saturated heterocycles. The summed E-state index contributed by atoms with van der Waals surface area (Å²) in [7, 11) is 0. The van der Waals surface area contributed by atoms with Crippen LogP contribution >= 0.6 is 0 Å². The minimum atomic E-state index is -1.16. The molecular weight excluding hydrogens is 420 g/mol. The Morgan fingerprint density at radius 3 is 2.15 bits per heavy atom. The summed E-state index contributed by atoms with van der Waals surface area (Å²) in [4.78, 5) is 12.7. The second-order valence-electron chi connectivity index (χ2n) is 15.7. The monoisotopic (exact) mass is 470 g/mol. The van der Waals surface area contributed by atoms with E-state index in [9.17, 15) is 15.0 Å². The van der Waals surface area contributed by atoms with Crippen molar-refractivity contribution >= 4 is 5.97 Å². The number of carbonyl (C=O) groups is 1. The molecule has 4 fully saturated rings. The molecule has 4 saturated carbocycles. The summed E-state index contributed by atoms with van der Waals surface area (Å²) in [6, 6.07) is 0. The van der Waals surface area contributed by atoms with Crippen LogP contribution in [0.3, 0.4) is 0 Å². The lowest BCUT2D eigenvalue weighted by molar-refractivity contribution is -0.239. The molecule has 3 heteroatoms. The summed E-state index contributed by atoms with van der Waals surface area (Å²) in [5.41, 5.74) is 0.703. The molecule has 2 N–H and O–H groups in total. The first kappa shape index (κ1) is 24.8. The fraction of sp³-hybridized carbons (Fsp3) is 0.903. The van der Waals surface area contributed by atoms with Crippen molar-refractivity contribution in [3.05, 3.63) is 11.6 Å². The van der Waals surface area contributed by atoms with Gasteiger partial charge in [0.2, 0.25) is 0 Å². The lowest BCUT2D eigenvalue weighted by Gasteiger charge is -2.71. The minimum Gasteiger partial charge on any atom is -0.481 e. The van der Waals surface area contributed by atoms with Gasteiger partial charge in [-0.2, -0.15) is 0 Å². The van der Waals surface area contributed by atoms with Gasteiger partial charge in [-0.15, -0.1) is 0 Å². The molecule has 0 bridgehead atoms. The van der Waals surface area contributed by atoms with Gasteiger partial charge in [-0.25, -0.2) is 0 Å². The number of hydrogen-bond donors (Lipinski definition) is 2. The van der Waals surface area contributed by atoms with Crippen LogP contribution in [0.2, 0.25) is 0 Å². The fourth-order valence-electron chi connectivity index (χ4n) is 10.7. The van der Waals surface area contributed by atoms with E-state index in [1.165, 1.54) is 32.1 Å². The van der Waals surface area contributed by atoms with E-state index in [1.54, 1.807) is 12.5 Å². The quantitative estimate of drug-likeness (QED) is 0.387. The lowest BCUT2D eigenvalue weighted by atomic mass is 9.33. The molecule has 5 aliphatic carbocycles. The number of rotatable bonds is 1. The summed E-state index contributed by atoms with van der Waals surface area (Å²) in [6.45, 7) is 18.7. The number of hydrogen-bond acceptors (Lipinski definition) is 2. The van der Waals surface area contributed by atoms with E-state index in [4.69, 9.17) is 0 Å². The fourth-order valence-corrected chi connectivity index (χ4v) is 10.7. The van der Waals surface area contributed by atoms with Gasteiger partial charge in [-0.1, -0.05) is 53.2 Å². The smallest absolute Gasteiger partial charge is 0.312 e. The van der Waals surface area contributed by atoms with Gasteiger partial charge in [0.1, 0.15) is 0 Å². The Kier molecular flexibility index (Phi) is 5.06. The van der Waals surface area contributed by atoms with Crippen molar-refractivity contribution in [1.29, 1.82) is 0 Å². The van der Waals surface area contributed by atoms with Gasteiger partial charge >= 0.3 is 5.97 Å². The first-order valence-corrected chi connectivity index (χ1v) is 14.1. The van der Waals surface area contributed by atoms with Crippen molar-refractivity contribution in [2.45, 2.75) is 125 Å². The van der Waals surface area contributed by atoms with E-state index in [2.05, 4.69) is 47.6 Å². The van der Waals surface area contributed by atoms with Crippen LogP contribution in [0.4, 0.5) is 0 Å². The van der Waals surface area contributed by atoms with Crippen molar-refractivity contribution in [3.63, 3.8) is 0 Å². The molecule has 34 heavy (non-hydrogen) atoms. The summed E-state index contributed by atoms with van der Waals surface area (Å²) in [5, 5.41) is 21.7. The molecule has 3 nitrogen and oxygen atoms in total. The molecule has 2 unspecified atom stereocenters. The van der Waals surface area contributed by atoms with Gasteiger partial charge in [-0.05, 0) is 123 Å². The van der Waals surface area contributed by atoms with Crippen LogP contribution in [0.25, 0.3) is 0 Å². The third-order valence-electron chi connectivity index (χ3n) is 13.7. The molecule has 192 valence electrons. The molecule has 0 aromatic carbocycles. The van der Waals surface area contributed by atoms with E-state index in [0.717, 1.165) is 25.7 Å². The zero-order chi connectivity index (χ0) is 25.2. The first-order valence-electron chi connectivity index (χ1n) is 14.1. The molecule has 9 atom stereocenters. The van der Waals surface area contributed by atoms with Crippen LogP contribution in [0.15, 0.2) is 11.6 Å². The number of carboxylic acid groups (broad SMARTS) is 1. The zero-order valence-corrected chi connectivity index (χ0v) is 23.2. The Hall–Kier alpha value is -0.830. The third kappa shape index (κ3) is 2.83. The molecule has 5 rings (SSSR count). The van der Waals surface area contributed by atoms with Crippen LogP contribution in [-0.2, 0) is 4.79 Å². The van der Waals surface area contributed by atoms with Crippen molar-refractivity contribution in [3.8, 4) is 0 Å². The summed E-state index contributed by atoms with van der Waals surface area (Å²) >= 11 is 0. The Bertz CT molecular complexity index is 931. The van der Waals surface area contributed by atoms with Gasteiger partial charge in [0.25, 0.3) is 0 Å². The van der Waals surface area contributed by atoms with E-state index in [0.29, 0.717) is 29.1 Å². The molecule has 0 spiro atoms. The lowest BCUT2D eigenvalue weighted by Crippen LogP contribution is -2.68. The van der Waals surface area contributed by atoms with E-state index in [1.807, 2.05) is 6.92 Å². The van der Waals surface area contributed by atoms with Gasteiger partial charge in [0.15, 0.2) is 0 Å². The molecule has 0 amide bonds. The molecule has 0 aromatic heterocycles. The molecule has 0 heterocycles. The van der Waals surface area contributed by atoms with Crippen LogP contribution in [0.1, 0.15) is 120 Å². The minimum absolute atomic E-state index is 0.0142. The highest BCUT2D eigenvalue weighted by Gasteiger charge is 2.71. The maximum Gasteiger partial charge on any atom is 0.312 e. The maximum atomic E-state index is 12.7. The highest BCUT2D eigenvalue weighted by Crippen LogP contribution is 2.76. The number of fused-ring (bicyclic) bond motifs is 7. The molecular formula is C31H50O3. The highest BCUT2D eigenvalue weighted by atomic mass is 16.4. The van der Waals surface area contributed by atoms with Crippen LogP contribution in [0.5, 0.6) is 0 Å². The Morgan fingerprint density at radius 1 is 0.853 bits per heavy atom. The van der Waals surface area contributed by atoms with Gasteiger partial charge in [-0.3, -0.25) is 4.79 Å². The van der Waals surface area contributed by atoms with Crippen molar-refractivity contribution in [2.75, 3.05) is 0 Å². The topological polar surface area (TPSA) is 57.5 Å². The summed E-state index contributed by atoms with van der Waals surface area (Å²) in [6.07, 6.45) is 13.9. The predicted molar refractivity (Wildman–Crippen MR) is 137 cm³/mol. The molecule has 0 radical (unpaired) electrons. The standard InChI is InChI=1S/C31H50O3/c1-25(2)13-14-26(3)15-17-28(5)20(21(26)19-25)9-10-22-27(4)16-18-30(7,34)31(8,24(32)33)23(27)11-12-29(22,28)6/h9,21-23,34H,10-19H2,1-8H3,(H,32,33)/t21-,22?,23?,26-,27-,28-,29-,30+,31-/m1/s1. The van der Waals surface area contributed by atoms with Gasteiger partial charge in [0, 0.05) is 0 Å². The second-order valence-corrected chi connectivity index (χ2v) is 15.7. The van der Waals surface area contributed by atoms with Crippen LogP contribution < -0.4 is 0 Å². The van der Waals surface area contributed by atoms with Gasteiger partial charge < -0.3 is 10.2 Å². The van der Waals surface area contributed by atoms with Crippen LogP contribution in [-0.4, -0.2) is 21.8 Å². The van der Waals surface area contributed by atoms with Crippen molar-refractivity contribution in [2.24, 2.45) is 50.2 Å².